The maximum atomic E-state index is 14.0. The second-order valence-electron chi connectivity index (χ2n) is 4.97. The molecule has 0 atom stereocenters. The minimum atomic E-state index is -0.396. The molecular formula is C16H17ClFN3O2. The highest BCUT2D eigenvalue weighted by atomic mass is 35.5. The first-order chi connectivity index (χ1) is 10.6. The Morgan fingerprint density at radius 3 is 2.74 bits per heavy atom. The summed E-state index contributed by atoms with van der Waals surface area (Å²) in [5, 5.41) is 0. The highest BCUT2D eigenvalue weighted by Crippen LogP contribution is 2.28. The summed E-state index contributed by atoms with van der Waals surface area (Å²) in [5.74, 6) is 1.95. The topological polar surface area (TPSA) is 53.1 Å². The third kappa shape index (κ3) is 3.37. The Hall–Kier alpha value is -2.34. The second kappa shape index (κ2) is 6.83. The van der Waals surface area contributed by atoms with Crippen molar-refractivity contribution in [3.05, 3.63) is 53.7 Å². The van der Waals surface area contributed by atoms with Crippen LogP contribution in [0.3, 0.4) is 0 Å². The summed E-state index contributed by atoms with van der Waals surface area (Å²) in [6.07, 6.45) is 3.60. The predicted molar refractivity (Wildman–Crippen MR) is 86.5 cm³/mol. The van der Waals surface area contributed by atoms with Crippen LogP contribution in [0.1, 0.15) is 17.3 Å². The van der Waals surface area contributed by atoms with Crippen molar-refractivity contribution >= 4 is 12.4 Å². The van der Waals surface area contributed by atoms with Gasteiger partial charge >= 0.3 is 0 Å². The highest BCUT2D eigenvalue weighted by molar-refractivity contribution is 5.85. The molecule has 0 radical (unpaired) electrons. The van der Waals surface area contributed by atoms with Crippen molar-refractivity contribution < 1.29 is 13.5 Å². The minimum Gasteiger partial charge on any atom is -0.497 e. The molecule has 0 N–H and O–H groups in total. The van der Waals surface area contributed by atoms with Gasteiger partial charge in [0, 0.05) is 12.4 Å². The molecule has 2 heterocycles. The molecule has 0 amide bonds. The smallest absolute Gasteiger partial charge is 0.229 e. The quantitative estimate of drug-likeness (QED) is 0.727. The maximum Gasteiger partial charge on any atom is 0.229 e. The van der Waals surface area contributed by atoms with E-state index in [-0.39, 0.29) is 23.9 Å². The van der Waals surface area contributed by atoms with Crippen molar-refractivity contribution in [3.8, 4) is 17.2 Å². The Morgan fingerprint density at radius 2 is 2.09 bits per heavy atom. The van der Waals surface area contributed by atoms with Crippen LogP contribution in [-0.2, 0) is 6.54 Å². The van der Waals surface area contributed by atoms with Crippen LogP contribution in [-0.4, -0.2) is 21.6 Å². The van der Waals surface area contributed by atoms with Gasteiger partial charge in [0.05, 0.1) is 19.2 Å². The monoisotopic (exact) mass is 337 g/mol. The average Bonchev–Trinajstić information content (AvgIpc) is 3.07. The van der Waals surface area contributed by atoms with Gasteiger partial charge in [0.1, 0.15) is 28.8 Å². The number of methoxy groups -OCH3 is 1. The van der Waals surface area contributed by atoms with Gasteiger partial charge in [-0.15, -0.1) is 12.4 Å². The Balaban J connectivity index is 0.00000192. The average molecular weight is 338 g/mol. The van der Waals surface area contributed by atoms with E-state index in [1.807, 2.05) is 24.6 Å². The third-order valence-electron chi connectivity index (χ3n) is 3.54. The van der Waals surface area contributed by atoms with E-state index in [9.17, 15) is 4.39 Å². The molecule has 0 saturated carbocycles. The molecule has 7 heteroatoms. The first-order valence-corrected chi connectivity index (χ1v) is 6.86. The molecule has 0 unspecified atom stereocenters. The van der Waals surface area contributed by atoms with Crippen LogP contribution in [0.15, 0.2) is 35.0 Å². The molecule has 0 spiro atoms. The Morgan fingerprint density at radius 1 is 1.30 bits per heavy atom. The van der Waals surface area contributed by atoms with Crippen LogP contribution in [0.25, 0.3) is 11.5 Å². The fraction of sp³-hybridized carbons (Fsp3) is 0.250. The second-order valence-corrected chi connectivity index (χ2v) is 4.97. The Kier molecular flexibility index (Phi) is 5.05. The van der Waals surface area contributed by atoms with Gasteiger partial charge in [0.25, 0.3) is 0 Å². The van der Waals surface area contributed by atoms with Gasteiger partial charge in [-0.2, -0.15) is 0 Å². The van der Waals surface area contributed by atoms with Crippen LogP contribution >= 0.6 is 12.4 Å². The lowest BCUT2D eigenvalue weighted by Gasteiger charge is -2.03. The number of imidazole rings is 1. The molecular weight excluding hydrogens is 321 g/mol. The summed E-state index contributed by atoms with van der Waals surface area (Å²) in [7, 11) is 1.53. The van der Waals surface area contributed by atoms with E-state index in [0.29, 0.717) is 18.1 Å². The zero-order chi connectivity index (χ0) is 15.7. The van der Waals surface area contributed by atoms with Gasteiger partial charge in [0.15, 0.2) is 0 Å². The summed E-state index contributed by atoms with van der Waals surface area (Å²) in [4.78, 5) is 8.59. The van der Waals surface area contributed by atoms with Crippen molar-refractivity contribution in [2.24, 2.45) is 0 Å². The summed E-state index contributed by atoms with van der Waals surface area (Å²) in [5.41, 5.74) is 1.04. The largest absolute Gasteiger partial charge is 0.497 e. The van der Waals surface area contributed by atoms with Crippen LogP contribution in [0.5, 0.6) is 5.75 Å². The lowest BCUT2D eigenvalue weighted by atomic mass is 10.2. The molecule has 0 aliphatic carbocycles. The molecule has 1 aromatic carbocycles. The first-order valence-electron chi connectivity index (χ1n) is 6.86. The van der Waals surface area contributed by atoms with Gasteiger partial charge in [-0.1, -0.05) is 0 Å². The van der Waals surface area contributed by atoms with Crippen molar-refractivity contribution in [3.63, 3.8) is 0 Å². The number of nitrogens with zero attached hydrogens (tertiary/aromatic N) is 3. The fourth-order valence-corrected chi connectivity index (χ4v) is 2.22. The van der Waals surface area contributed by atoms with Crippen LogP contribution in [0, 0.1) is 19.7 Å². The number of aromatic nitrogens is 3. The molecule has 0 aliphatic heterocycles. The number of hydrogen-bond acceptors (Lipinski definition) is 4. The van der Waals surface area contributed by atoms with Crippen LogP contribution < -0.4 is 4.74 Å². The maximum absolute atomic E-state index is 14.0. The number of ether oxygens (including phenoxy) is 1. The van der Waals surface area contributed by atoms with Crippen LogP contribution in [0.2, 0.25) is 0 Å². The molecule has 122 valence electrons. The molecule has 0 saturated heterocycles. The van der Waals surface area contributed by atoms with E-state index in [1.54, 1.807) is 18.3 Å². The van der Waals surface area contributed by atoms with E-state index < -0.39 is 5.82 Å². The number of oxazole rings is 1. The lowest BCUT2D eigenvalue weighted by Crippen LogP contribution is -2.02. The van der Waals surface area contributed by atoms with E-state index in [2.05, 4.69) is 9.97 Å². The van der Waals surface area contributed by atoms with Crippen molar-refractivity contribution in [2.75, 3.05) is 7.11 Å². The molecule has 0 bridgehead atoms. The van der Waals surface area contributed by atoms with E-state index in [0.717, 1.165) is 11.5 Å². The Labute approximate surface area is 139 Å². The van der Waals surface area contributed by atoms with Crippen LogP contribution in [0.4, 0.5) is 4.39 Å². The number of benzene rings is 1. The standard InChI is InChI=1S/C16H16FN3O2.ClH/c1-10-15(9-20-7-6-18-11(20)2)19-16(22-10)13-8-12(21-3)4-5-14(13)17;/h4-8H,9H2,1-3H3;1H. The fourth-order valence-electron chi connectivity index (χ4n) is 2.22. The normalized spacial score (nSPS) is 10.4. The highest BCUT2D eigenvalue weighted by Gasteiger charge is 2.16. The molecule has 3 aromatic rings. The lowest BCUT2D eigenvalue weighted by molar-refractivity contribution is 0.413. The van der Waals surface area contributed by atoms with Crippen molar-refractivity contribution in [1.29, 1.82) is 0 Å². The summed E-state index contributed by atoms with van der Waals surface area (Å²) in [6, 6.07) is 4.48. The predicted octanol–water partition coefficient (Wildman–Crippen LogP) is 3.77. The Bertz CT molecular complexity index is 814. The molecule has 5 nitrogen and oxygen atoms in total. The van der Waals surface area contributed by atoms with Crippen molar-refractivity contribution in [1.82, 2.24) is 14.5 Å². The van der Waals surface area contributed by atoms with Crippen molar-refractivity contribution in [2.45, 2.75) is 20.4 Å². The zero-order valence-electron chi connectivity index (χ0n) is 13.0. The SMILES string of the molecule is COc1ccc(F)c(-c2nc(Cn3ccnc3C)c(C)o2)c1.Cl. The molecule has 3 rings (SSSR count). The number of hydrogen-bond donors (Lipinski definition) is 0. The van der Waals surface area contributed by atoms with Gasteiger partial charge < -0.3 is 13.7 Å². The summed E-state index contributed by atoms with van der Waals surface area (Å²) in [6.45, 7) is 4.26. The number of aryl methyl sites for hydroxylation is 2. The number of rotatable bonds is 4. The molecule has 23 heavy (non-hydrogen) atoms. The zero-order valence-corrected chi connectivity index (χ0v) is 13.9. The summed E-state index contributed by atoms with van der Waals surface area (Å²) >= 11 is 0. The van der Waals surface area contributed by atoms with Gasteiger partial charge in [0.2, 0.25) is 5.89 Å². The van der Waals surface area contributed by atoms with Gasteiger partial charge in [-0.05, 0) is 32.0 Å². The molecule has 2 aromatic heterocycles. The van der Waals surface area contributed by atoms with Gasteiger partial charge in [-0.25, -0.2) is 14.4 Å². The number of halogens is 2. The summed E-state index contributed by atoms with van der Waals surface area (Å²) < 4.78 is 26.7. The molecule has 0 fully saturated rings. The van der Waals surface area contributed by atoms with E-state index >= 15 is 0 Å². The molecule has 0 aliphatic rings. The third-order valence-corrected chi connectivity index (χ3v) is 3.54. The minimum absolute atomic E-state index is 0. The first kappa shape index (κ1) is 17.0. The van der Waals surface area contributed by atoms with E-state index in [1.165, 1.54) is 13.2 Å². The van der Waals surface area contributed by atoms with E-state index in [4.69, 9.17) is 9.15 Å². The van der Waals surface area contributed by atoms with Gasteiger partial charge in [-0.3, -0.25) is 0 Å².